The number of anilines is 1. The number of hydrogen-bond acceptors (Lipinski definition) is 3. The number of aryl methyl sites for hydroxylation is 1. The van der Waals surface area contributed by atoms with Crippen molar-refractivity contribution in [2.45, 2.75) is 13.3 Å². The van der Waals surface area contributed by atoms with E-state index in [-0.39, 0.29) is 5.91 Å². The van der Waals surface area contributed by atoms with Crippen LogP contribution in [0.4, 0.5) is 5.69 Å². The van der Waals surface area contributed by atoms with Crippen molar-refractivity contribution in [3.8, 4) is 0 Å². The molecule has 0 aliphatic rings. The van der Waals surface area contributed by atoms with Crippen LogP contribution in [0.25, 0.3) is 0 Å². The Bertz CT molecular complexity index is 601. The molecule has 102 valence electrons. The largest absolute Gasteiger partial charge is 0.399 e. The van der Waals surface area contributed by atoms with Crippen LogP contribution in [-0.4, -0.2) is 12.1 Å². The SMILES string of the molecule is CCc1ccc(/C=N/NC(=O)c2ccc(N)cc2)cc1. The van der Waals surface area contributed by atoms with Crippen LogP contribution in [-0.2, 0) is 6.42 Å². The highest BCUT2D eigenvalue weighted by Gasteiger charge is 2.02. The van der Waals surface area contributed by atoms with Crippen LogP contribution >= 0.6 is 0 Å². The van der Waals surface area contributed by atoms with Gasteiger partial charge in [-0.25, -0.2) is 5.43 Å². The topological polar surface area (TPSA) is 67.5 Å². The van der Waals surface area contributed by atoms with Gasteiger partial charge in [0.2, 0.25) is 0 Å². The molecule has 0 aliphatic carbocycles. The van der Waals surface area contributed by atoms with Crippen LogP contribution in [0, 0.1) is 0 Å². The van der Waals surface area contributed by atoms with E-state index in [9.17, 15) is 4.79 Å². The molecule has 0 atom stereocenters. The summed E-state index contributed by atoms with van der Waals surface area (Å²) in [7, 11) is 0. The van der Waals surface area contributed by atoms with E-state index in [2.05, 4.69) is 17.5 Å². The molecule has 4 nitrogen and oxygen atoms in total. The monoisotopic (exact) mass is 267 g/mol. The number of nitrogens with zero attached hydrogens (tertiary/aromatic N) is 1. The van der Waals surface area contributed by atoms with Gasteiger partial charge in [0.25, 0.3) is 5.91 Å². The molecular weight excluding hydrogens is 250 g/mol. The first-order valence-electron chi connectivity index (χ1n) is 6.47. The third kappa shape index (κ3) is 3.68. The lowest BCUT2D eigenvalue weighted by atomic mass is 10.1. The number of carbonyl (C=O) groups is 1. The molecule has 2 aromatic carbocycles. The van der Waals surface area contributed by atoms with Crippen LogP contribution in [0.5, 0.6) is 0 Å². The van der Waals surface area contributed by atoms with Gasteiger partial charge in [0.05, 0.1) is 6.21 Å². The Balaban J connectivity index is 1.95. The van der Waals surface area contributed by atoms with Gasteiger partial charge in [0, 0.05) is 11.3 Å². The van der Waals surface area contributed by atoms with E-state index in [4.69, 9.17) is 5.73 Å². The van der Waals surface area contributed by atoms with Gasteiger partial charge < -0.3 is 5.73 Å². The third-order valence-electron chi connectivity index (χ3n) is 2.94. The fraction of sp³-hybridized carbons (Fsp3) is 0.125. The van der Waals surface area contributed by atoms with Gasteiger partial charge in [0.1, 0.15) is 0 Å². The van der Waals surface area contributed by atoms with Crippen molar-refractivity contribution in [3.63, 3.8) is 0 Å². The number of nitrogen functional groups attached to an aromatic ring is 1. The van der Waals surface area contributed by atoms with Crippen molar-refractivity contribution < 1.29 is 4.79 Å². The molecule has 0 saturated heterocycles. The zero-order valence-electron chi connectivity index (χ0n) is 11.3. The number of amides is 1. The van der Waals surface area contributed by atoms with Crippen LogP contribution in [0.1, 0.15) is 28.4 Å². The Morgan fingerprint density at radius 3 is 2.40 bits per heavy atom. The second kappa shape index (κ2) is 6.52. The summed E-state index contributed by atoms with van der Waals surface area (Å²) < 4.78 is 0. The Morgan fingerprint density at radius 2 is 1.80 bits per heavy atom. The summed E-state index contributed by atoms with van der Waals surface area (Å²) >= 11 is 0. The number of hydrogen-bond donors (Lipinski definition) is 2. The van der Waals surface area contributed by atoms with Crippen LogP contribution in [0.15, 0.2) is 53.6 Å². The molecule has 0 unspecified atom stereocenters. The molecular formula is C16H17N3O. The van der Waals surface area contributed by atoms with Gasteiger partial charge in [0.15, 0.2) is 0 Å². The number of nitrogens with one attached hydrogen (secondary N) is 1. The van der Waals surface area contributed by atoms with Gasteiger partial charge in [-0.3, -0.25) is 4.79 Å². The minimum absolute atomic E-state index is 0.258. The second-order valence-corrected chi connectivity index (χ2v) is 4.42. The van der Waals surface area contributed by atoms with Crippen molar-refractivity contribution in [2.75, 3.05) is 5.73 Å². The first kappa shape index (κ1) is 13.8. The molecule has 0 spiro atoms. The average Bonchev–Trinajstić information content (AvgIpc) is 2.48. The lowest BCUT2D eigenvalue weighted by Gasteiger charge is -2.00. The molecule has 4 heteroatoms. The molecule has 2 rings (SSSR count). The maximum atomic E-state index is 11.8. The minimum atomic E-state index is -0.258. The predicted octanol–water partition coefficient (Wildman–Crippen LogP) is 2.60. The Kier molecular flexibility index (Phi) is 4.50. The lowest BCUT2D eigenvalue weighted by molar-refractivity contribution is 0.0955. The third-order valence-corrected chi connectivity index (χ3v) is 2.94. The minimum Gasteiger partial charge on any atom is -0.399 e. The first-order chi connectivity index (χ1) is 9.69. The zero-order valence-corrected chi connectivity index (χ0v) is 11.3. The van der Waals surface area contributed by atoms with E-state index in [1.165, 1.54) is 5.56 Å². The molecule has 1 amide bonds. The molecule has 2 aromatic rings. The van der Waals surface area contributed by atoms with Gasteiger partial charge in [-0.2, -0.15) is 5.10 Å². The molecule has 20 heavy (non-hydrogen) atoms. The summed E-state index contributed by atoms with van der Waals surface area (Å²) in [5, 5.41) is 3.94. The van der Waals surface area contributed by atoms with E-state index >= 15 is 0 Å². The first-order valence-corrected chi connectivity index (χ1v) is 6.47. The van der Waals surface area contributed by atoms with Crippen LogP contribution < -0.4 is 11.2 Å². The van der Waals surface area contributed by atoms with E-state index < -0.39 is 0 Å². The molecule has 3 N–H and O–H groups in total. The van der Waals surface area contributed by atoms with Crippen molar-refractivity contribution in [1.29, 1.82) is 0 Å². The number of hydrazone groups is 1. The summed E-state index contributed by atoms with van der Waals surface area (Å²) in [6, 6.07) is 14.7. The van der Waals surface area contributed by atoms with Crippen molar-refractivity contribution in [3.05, 3.63) is 65.2 Å². The van der Waals surface area contributed by atoms with E-state index in [0.29, 0.717) is 11.3 Å². The van der Waals surface area contributed by atoms with E-state index in [1.54, 1.807) is 30.5 Å². The summed E-state index contributed by atoms with van der Waals surface area (Å²) in [5.41, 5.74) is 11.4. The molecule has 0 aromatic heterocycles. The zero-order chi connectivity index (χ0) is 14.4. The number of benzene rings is 2. The van der Waals surface area contributed by atoms with Crippen molar-refractivity contribution in [1.82, 2.24) is 5.43 Å². The summed E-state index contributed by atoms with van der Waals surface area (Å²) in [6.07, 6.45) is 2.62. The molecule has 0 bridgehead atoms. The standard InChI is InChI=1S/C16H17N3O/c1-2-12-3-5-13(6-4-12)11-18-19-16(20)14-7-9-15(17)10-8-14/h3-11H,2,17H2,1H3,(H,19,20)/b18-11+. The van der Waals surface area contributed by atoms with Gasteiger partial charge in [-0.05, 0) is 41.8 Å². The normalized spacial score (nSPS) is 10.7. The fourth-order valence-corrected chi connectivity index (χ4v) is 1.70. The Hall–Kier alpha value is -2.62. The second-order valence-electron chi connectivity index (χ2n) is 4.42. The highest BCUT2D eigenvalue weighted by atomic mass is 16.2. The van der Waals surface area contributed by atoms with Gasteiger partial charge in [-0.15, -0.1) is 0 Å². The molecule has 0 saturated carbocycles. The highest BCUT2D eigenvalue weighted by molar-refractivity contribution is 5.95. The average molecular weight is 267 g/mol. The Morgan fingerprint density at radius 1 is 1.15 bits per heavy atom. The predicted molar refractivity (Wildman–Crippen MR) is 81.7 cm³/mol. The van der Waals surface area contributed by atoms with Gasteiger partial charge in [-0.1, -0.05) is 31.2 Å². The number of rotatable bonds is 4. The molecule has 0 aliphatic heterocycles. The quantitative estimate of drug-likeness (QED) is 0.508. The number of nitrogens with two attached hydrogens (primary N) is 1. The lowest BCUT2D eigenvalue weighted by Crippen LogP contribution is -2.17. The summed E-state index contributed by atoms with van der Waals surface area (Å²) in [5.74, 6) is -0.258. The maximum absolute atomic E-state index is 11.8. The van der Waals surface area contributed by atoms with Crippen molar-refractivity contribution >= 4 is 17.8 Å². The highest BCUT2D eigenvalue weighted by Crippen LogP contribution is 2.05. The maximum Gasteiger partial charge on any atom is 0.271 e. The Labute approximate surface area is 118 Å². The van der Waals surface area contributed by atoms with Gasteiger partial charge >= 0.3 is 0 Å². The molecule has 0 heterocycles. The van der Waals surface area contributed by atoms with E-state index in [0.717, 1.165) is 12.0 Å². The van der Waals surface area contributed by atoms with Crippen LogP contribution in [0.2, 0.25) is 0 Å². The summed E-state index contributed by atoms with van der Waals surface area (Å²) in [4.78, 5) is 11.8. The number of carbonyl (C=O) groups excluding carboxylic acids is 1. The fourth-order valence-electron chi connectivity index (χ4n) is 1.70. The smallest absolute Gasteiger partial charge is 0.271 e. The summed E-state index contributed by atoms with van der Waals surface area (Å²) in [6.45, 7) is 2.11. The molecule has 0 fully saturated rings. The van der Waals surface area contributed by atoms with Crippen LogP contribution in [0.3, 0.4) is 0 Å². The van der Waals surface area contributed by atoms with E-state index in [1.807, 2.05) is 24.3 Å². The molecule has 0 radical (unpaired) electrons. The van der Waals surface area contributed by atoms with Crippen molar-refractivity contribution in [2.24, 2.45) is 5.10 Å².